The zero-order chi connectivity index (χ0) is 49.0. The van der Waals surface area contributed by atoms with E-state index < -0.39 is 8.07 Å². The summed E-state index contributed by atoms with van der Waals surface area (Å²) in [5, 5.41) is 12.5. The molecule has 2 heterocycles. The van der Waals surface area contributed by atoms with Crippen LogP contribution in [0.3, 0.4) is 0 Å². The fourth-order valence-corrected chi connectivity index (χ4v) is 16.6. The predicted molar refractivity (Wildman–Crippen MR) is 315 cm³/mol. The number of aromatic nitrogens is 1. The molecule has 0 radical (unpaired) electrons. The molecule has 0 spiro atoms. The second-order valence-corrected chi connectivity index (χ2v) is 23.0. The Morgan fingerprint density at radius 1 is 0.324 bits per heavy atom. The summed E-state index contributed by atoms with van der Waals surface area (Å²) in [4.78, 5) is 2.44. The van der Waals surface area contributed by atoms with Gasteiger partial charge in [0.1, 0.15) is 11.2 Å². The molecule has 12 aromatic carbocycles. The highest BCUT2D eigenvalue weighted by atomic mass is 28.3. The van der Waals surface area contributed by atoms with E-state index in [9.17, 15) is 0 Å². The summed E-state index contributed by atoms with van der Waals surface area (Å²) in [6.07, 6.45) is 0. The minimum atomic E-state index is -2.73. The van der Waals surface area contributed by atoms with Crippen molar-refractivity contribution in [3.63, 3.8) is 0 Å². The molecular weight excluding hydrogens is 913 g/mol. The first kappa shape index (κ1) is 43.3. The maximum Gasteiger partial charge on any atom is 0.179 e. The summed E-state index contributed by atoms with van der Waals surface area (Å²) in [5.74, 6) is 0. The molecule has 0 amide bonds. The maximum absolute atomic E-state index is 6.30. The van der Waals surface area contributed by atoms with Crippen LogP contribution in [0, 0.1) is 0 Å². The average molecular weight is 961 g/mol. The second kappa shape index (κ2) is 18.0. The third-order valence-corrected chi connectivity index (χ3v) is 19.9. The molecule has 0 N–H and O–H groups in total. The number of para-hydroxylation sites is 2. The lowest BCUT2D eigenvalue weighted by Gasteiger charge is -2.34. The zero-order valence-corrected chi connectivity index (χ0v) is 41.5. The quantitative estimate of drug-likeness (QED) is 0.101. The van der Waals surface area contributed by atoms with Crippen molar-refractivity contribution in [3.05, 3.63) is 291 Å². The molecule has 2 aromatic heterocycles. The van der Waals surface area contributed by atoms with Gasteiger partial charge >= 0.3 is 0 Å². The minimum Gasteiger partial charge on any atom is -0.456 e. The van der Waals surface area contributed by atoms with Crippen LogP contribution in [0.1, 0.15) is 0 Å². The molecule has 0 unspecified atom stereocenters. The molecule has 14 rings (SSSR count). The molecule has 0 aliphatic carbocycles. The van der Waals surface area contributed by atoms with E-state index in [1.54, 1.807) is 0 Å². The highest BCUT2D eigenvalue weighted by Gasteiger charge is 2.41. The van der Waals surface area contributed by atoms with Gasteiger partial charge < -0.3 is 13.9 Å². The van der Waals surface area contributed by atoms with Crippen LogP contribution in [0.2, 0.25) is 0 Å². The average Bonchev–Trinajstić information content (AvgIpc) is 4.05. The van der Waals surface area contributed by atoms with Crippen molar-refractivity contribution in [1.82, 2.24) is 4.57 Å². The molecule has 0 saturated heterocycles. The maximum atomic E-state index is 6.30. The lowest BCUT2D eigenvalue weighted by molar-refractivity contribution is 0.669. The van der Waals surface area contributed by atoms with Gasteiger partial charge in [-0.05, 0) is 121 Å². The Bertz CT molecular complexity index is 4250. The van der Waals surface area contributed by atoms with Crippen molar-refractivity contribution in [2.75, 3.05) is 4.90 Å². The number of rotatable bonds is 10. The number of benzene rings is 12. The number of nitrogens with zero attached hydrogens (tertiary/aromatic N) is 2. The molecule has 0 fully saturated rings. The van der Waals surface area contributed by atoms with Crippen LogP contribution in [0.15, 0.2) is 296 Å². The third-order valence-electron chi connectivity index (χ3n) is 15.1. The molecule has 0 aliphatic heterocycles. The first-order chi connectivity index (χ1) is 36.7. The number of furan rings is 1. The minimum absolute atomic E-state index is 0.884. The van der Waals surface area contributed by atoms with Gasteiger partial charge in [-0.3, -0.25) is 0 Å². The Morgan fingerprint density at radius 3 is 1.55 bits per heavy atom. The predicted octanol–water partition coefficient (Wildman–Crippen LogP) is 16.0. The van der Waals surface area contributed by atoms with Crippen molar-refractivity contribution in [1.29, 1.82) is 0 Å². The Morgan fingerprint density at radius 2 is 0.851 bits per heavy atom. The van der Waals surface area contributed by atoms with Crippen molar-refractivity contribution in [3.8, 4) is 27.9 Å². The Kier molecular flexibility index (Phi) is 10.5. The highest BCUT2D eigenvalue weighted by molar-refractivity contribution is 7.19. The Labute approximate surface area is 431 Å². The zero-order valence-electron chi connectivity index (χ0n) is 40.5. The fourth-order valence-electron chi connectivity index (χ4n) is 11.8. The molecule has 4 heteroatoms. The lowest BCUT2D eigenvalue weighted by atomic mass is 9.98. The molecule has 0 atom stereocenters. The summed E-state index contributed by atoms with van der Waals surface area (Å²) >= 11 is 0. The van der Waals surface area contributed by atoms with Gasteiger partial charge in [0.05, 0.1) is 16.7 Å². The lowest BCUT2D eigenvalue weighted by Crippen LogP contribution is -2.74. The summed E-state index contributed by atoms with van der Waals surface area (Å²) < 4.78 is 8.72. The van der Waals surface area contributed by atoms with E-state index in [-0.39, 0.29) is 0 Å². The van der Waals surface area contributed by atoms with Crippen molar-refractivity contribution in [2.24, 2.45) is 0 Å². The monoisotopic (exact) mass is 960 g/mol. The van der Waals surface area contributed by atoms with E-state index in [0.29, 0.717) is 0 Å². The third kappa shape index (κ3) is 7.10. The van der Waals surface area contributed by atoms with Crippen LogP contribution < -0.4 is 25.6 Å². The summed E-state index contributed by atoms with van der Waals surface area (Å²) in [6.45, 7) is 0. The van der Waals surface area contributed by atoms with Crippen molar-refractivity contribution in [2.45, 2.75) is 0 Å². The molecule has 0 aliphatic rings. The SMILES string of the molecule is c1ccc([Si](c2ccccc2)(c2ccccc2)c2cccc(-c3ccc(N(c4ccc(-c5cccc6ccccc56)cc4)c4cccc5c4c4ccccc4n5-c4ccc5oc6ccccc6c5c4)cc3)c2)cc1. The number of hydrogen-bond donors (Lipinski definition) is 0. The van der Waals surface area contributed by atoms with Crippen LogP contribution in [0.5, 0.6) is 0 Å². The Hall–Kier alpha value is -9.48. The van der Waals surface area contributed by atoms with Gasteiger partial charge in [-0.15, -0.1) is 0 Å². The molecule has 74 heavy (non-hydrogen) atoms. The van der Waals surface area contributed by atoms with Crippen LogP contribution in [0.4, 0.5) is 17.1 Å². The summed E-state index contributed by atoms with van der Waals surface area (Å²) in [6, 6.07) is 107. The normalized spacial score (nSPS) is 11.8. The van der Waals surface area contributed by atoms with Crippen LogP contribution >= 0.6 is 0 Å². The van der Waals surface area contributed by atoms with E-state index in [0.717, 1.165) is 61.3 Å². The molecule has 0 bridgehead atoms. The van der Waals surface area contributed by atoms with Gasteiger partial charge in [-0.2, -0.15) is 0 Å². The van der Waals surface area contributed by atoms with Crippen LogP contribution in [-0.4, -0.2) is 12.6 Å². The van der Waals surface area contributed by atoms with Crippen molar-refractivity contribution < 1.29 is 4.42 Å². The van der Waals surface area contributed by atoms with Gasteiger partial charge in [-0.1, -0.05) is 224 Å². The molecular formula is C70H48N2OSi. The van der Waals surface area contributed by atoms with Crippen LogP contribution in [0.25, 0.3) is 82.5 Å². The van der Waals surface area contributed by atoms with Gasteiger partial charge in [0.25, 0.3) is 0 Å². The van der Waals surface area contributed by atoms with Gasteiger partial charge in [0.2, 0.25) is 0 Å². The van der Waals surface area contributed by atoms with E-state index in [1.165, 1.54) is 59.0 Å². The van der Waals surface area contributed by atoms with Gasteiger partial charge in [0.15, 0.2) is 8.07 Å². The second-order valence-electron chi connectivity index (χ2n) is 19.2. The molecule has 14 aromatic rings. The largest absolute Gasteiger partial charge is 0.456 e. The molecule has 0 saturated carbocycles. The summed E-state index contributed by atoms with van der Waals surface area (Å²) in [5.41, 5.74) is 13.1. The highest BCUT2D eigenvalue weighted by Crippen LogP contribution is 2.45. The van der Waals surface area contributed by atoms with Gasteiger partial charge in [0, 0.05) is 38.6 Å². The van der Waals surface area contributed by atoms with Gasteiger partial charge in [-0.25, -0.2) is 0 Å². The van der Waals surface area contributed by atoms with E-state index >= 15 is 0 Å². The van der Waals surface area contributed by atoms with E-state index in [1.807, 2.05) is 12.1 Å². The van der Waals surface area contributed by atoms with Crippen LogP contribution in [-0.2, 0) is 0 Å². The first-order valence-corrected chi connectivity index (χ1v) is 27.4. The first-order valence-electron chi connectivity index (χ1n) is 25.4. The number of anilines is 3. The summed E-state index contributed by atoms with van der Waals surface area (Å²) in [7, 11) is -2.73. The number of hydrogen-bond acceptors (Lipinski definition) is 2. The van der Waals surface area contributed by atoms with Crippen molar-refractivity contribution >= 4 is 100 Å². The molecule has 348 valence electrons. The topological polar surface area (TPSA) is 21.3 Å². The Balaban J connectivity index is 0.935. The molecule has 3 nitrogen and oxygen atoms in total. The standard InChI is InChI=1S/C70H48N2OSi/c1-4-22-56(23-5-1)74(57-24-6-2-7-25-57,58-26-8-3-9-27-58)59-28-16-21-52(47-59)49-37-41-53(42-38-49)71(54-43-39-51(40-44-54)61-32-17-20-50-19-10-11-29-60(50)61)66-34-18-35-67-70(66)63-31-12-14-33-65(63)72(67)55-45-46-69-64(48-55)62-30-13-15-36-68(62)73-69/h1-48H. The smallest absolute Gasteiger partial charge is 0.179 e. The fraction of sp³-hybridized carbons (Fsp3) is 0. The van der Waals surface area contributed by atoms with E-state index in [2.05, 4.69) is 289 Å². The number of fused-ring (bicyclic) bond motifs is 7. The van der Waals surface area contributed by atoms with E-state index in [4.69, 9.17) is 4.42 Å².